The first-order chi connectivity index (χ1) is 15.8. The summed E-state index contributed by atoms with van der Waals surface area (Å²) in [5.74, 6) is -0.954. The van der Waals surface area contributed by atoms with E-state index in [-0.39, 0.29) is 47.5 Å². The fourth-order valence-electron chi connectivity index (χ4n) is 4.08. The Morgan fingerprint density at radius 3 is 2.42 bits per heavy atom. The van der Waals surface area contributed by atoms with E-state index in [4.69, 9.17) is 0 Å². The molecule has 0 atom stereocenters. The van der Waals surface area contributed by atoms with Crippen molar-refractivity contribution in [1.29, 1.82) is 0 Å². The van der Waals surface area contributed by atoms with Gasteiger partial charge >= 0.3 is 0 Å². The molecule has 1 heterocycles. The zero-order chi connectivity index (χ0) is 23.2. The molecule has 1 aliphatic heterocycles. The number of ketones is 1. The lowest BCUT2D eigenvalue weighted by Gasteiger charge is -2.26. The lowest BCUT2D eigenvalue weighted by atomic mass is 10.0. The van der Waals surface area contributed by atoms with Gasteiger partial charge in [-0.3, -0.25) is 14.4 Å². The first-order valence-electron chi connectivity index (χ1n) is 10.3. The molecule has 0 bridgehead atoms. The molecular formula is C24H19N3O5S. The van der Waals surface area contributed by atoms with Crippen molar-refractivity contribution in [3.05, 3.63) is 83.4 Å². The van der Waals surface area contributed by atoms with E-state index in [1.165, 1.54) is 18.2 Å². The summed E-state index contributed by atoms with van der Waals surface area (Å²) in [5.41, 5.74) is 3.27. The number of nitrogens with zero attached hydrogens (tertiary/aromatic N) is 1. The van der Waals surface area contributed by atoms with Crippen LogP contribution in [0.2, 0.25) is 0 Å². The SMILES string of the molecule is O=C1CN(S(=O)(=O)c2cccc(NC(=O)c3ccc4c(c3)C(=O)c3ccccc3-4)c2)CCN1. The molecule has 166 valence electrons. The fourth-order valence-corrected chi connectivity index (χ4v) is 5.52. The van der Waals surface area contributed by atoms with Crippen LogP contribution in [-0.2, 0) is 14.8 Å². The molecule has 2 N–H and O–H groups in total. The maximum absolute atomic E-state index is 12.9. The van der Waals surface area contributed by atoms with Gasteiger partial charge < -0.3 is 10.6 Å². The number of piperazine rings is 1. The van der Waals surface area contributed by atoms with Crippen LogP contribution in [0.1, 0.15) is 26.3 Å². The van der Waals surface area contributed by atoms with E-state index in [0.29, 0.717) is 11.1 Å². The number of carbonyl (C=O) groups excluding carboxylic acids is 3. The first kappa shape index (κ1) is 21.0. The van der Waals surface area contributed by atoms with Gasteiger partial charge in [0.15, 0.2) is 5.78 Å². The van der Waals surface area contributed by atoms with Crippen molar-refractivity contribution in [2.75, 3.05) is 25.0 Å². The molecule has 0 saturated carbocycles. The van der Waals surface area contributed by atoms with Gasteiger partial charge in [-0.15, -0.1) is 0 Å². The second-order valence-electron chi connectivity index (χ2n) is 7.81. The van der Waals surface area contributed by atoms with E-state index in [1.54, 1.807) is 36.4 Å². The number of anilines is 1. The molecule has 1 aliphatic carbocycles. The van der Waals surface area contributed by atoms with Gasteiger partial charge in [-0.25, -0.2) is 8.42 Å². The molecule has 0 aromatic heterocycles. The van der Waals surface area contributed by atoms with Gasteiger partial charge in [0.1, 0.15) is 0 Å². The number of amides is 2. The summed E-state index contributed by atoms with van der Waals surface area (Å²) >= 11 is 0. The number of benzene rings is 3. The predicted molar refractivity (Wildman–Crippen MR) is 121 cm³/mol. The van der Waals surface area contributed by atoms with Gasteiger partial charge in [0.25, 0.3) is 5.91 Å². The quantitative estimate of drug-likeness (QED) is 0.484. The number of rotatable bonds is 4. The van der Waals surface area contributed by atoms with Gasteiger partial charge in [0.05, 0.1) is 11.4 Å². The molecular weight excluding hydrogens is 442 g/mol. The van der Waals surface area contributed by atoms with Crippen LogP contribution in [0.15, 0.2) is 71.6 Å². The third kappa shape index (κ3) is 3.71. The van der Waals surface area contributed by atoms with Gasteiger partial charge in [0, 0.05) is 35.5 Å². The number of hydrogen-bond acceptors (Lipinski definition) is 5. The molecule has 33 heavy (non-hydrogen) atoms. The Labute approximate surface area is 190 Å². The Morgan fingerprint density at radius 2 is 1.64 bits per heavy atom. The third-order valence-electron chi connectivity index (χ3n) is 5.72. The van der Waals surface area contributed by atoms with Crippen molar-refractivity contribution < 1.29 is 22.8 Å². The van der Waals surface area contributed by atoms with E-state index in [2.05, 4.69) is 10.6 Å². The van der Waals surface area contributed by atoms with E-state index < -0.39 is 15.9 Å². The zero-order valence-electron chi connectivity index (χ0n) is 17.4. The number of nitrogens with one attached hydrogen (secondary N) is 2. The second-order valence-corrected chi connectivity index (χ2v) is 9.74. The van der Waals surface area contributed by atoms with Crippen LogP contribution in [0.5, 0.6) is 0 Å². The van der Waals surface area contributed by atoms with E-state index >= 15 is 0 Å². The minimum atomic E-state index is -3.89. The standard InChI is InChI=1S/C24H19N3O5S/c28-22-14-27(11-10-25-22)33(31,32)17-5-3-4-16(13-17)26-24(30)15-8-9-19-18-6-1-2-7-20(18)23(29)21(19)12-15/h1-9,12-13H,10-11,14H2,(H,25,28)(H,26,30). The van der Waals surface area contributed by atoms with E-state index in [0.717, 1.165) is 15.4 Å². The third-order valence-corrected chi connectivity index (χ3v) is 7.56. The van der Waals surface area contributed by atoms with Gasteiger partial charge in [0.2, 0.25) is 15.9 Å². The lowest BCUT2D eigenvalue weighted by molar-refractivity contribution is -0.122. The smallest absolute Gasteiger partial charge is 0.255 e. The number of sulfonamides is 1. The molecule has 2 amide bonds. The molecule has 1 saturated heterocycles. The van der Waals surface area contributed by atoms with Crippen molar-refractivity contribution in [2.45, 2.75) is 4.90 Å². The summed E-state index contributed by atoms with van der Waals surface area (Å²) in [5, 5.41) is 5.29. The van der Waals surface area contributed by atoms with E-state index in [1.807, 2.05) is 12.1 Å². The summed E-state index contributed by atoms with van der Waals surface area (Å²) in [7, 11) is -3.89. The van der Waals surface area contributed by atoms with Crippen LogP contribution < -0.4 is 10.6 Å². The molecule has 2 aliphatic rings. The summed E-state index contributed by atoms with van der Waals surface area (Å²) in [6.07, 6.45) is 0. The van der Waals surface area contributed by atoms with Gasteiger partial charge in [-0.1, -0.05) is 36.4 Å². The maximum atomic E-state index is 12.9. The molecule has 5 rings (SSSR count). The molecule has 3 aromatic carbocycles. The van der Waals surface area contributed by atoms with Crippen LogP contribution in [0, 0.1) is 0 Å². The summed E-state index contributed by atoms with van der Waals surface area (Å²) < 4.78 is 26.9. The molecule has 0 spiro atoms. The highest BCUT2D eigenvalue weighted by atomic mass is 32.2. The first-order valence-corrected chi connectivity index (χ1v) is 11.7. The molecule has 0 radical (unpaired) electrons. The minimum Gasteiger partial charge on any atom is -0.354 e. The minimum absolute atomic E-state index is 0.0189. The Bertz CT molecular complexity index is 1430. The Morgan fingerprint density at radius 1 is 0.879 bits per heavy atom. The normalized spacial score (nSPS) is 15.5. The van der Waals surface area contributed by atoms with Crippen LogP contribution in [0.25, 0.3) is 11.1 Å². The summed E-state index contributed by atoms with van der Waals surface area (Å²) in [6, 6.07) is 18.1. The average molecular weight is 461 g/mol. The zero-order valence-corrected chi connectivity index (χ0v) is 18.2. The maximum Gasteiger partial charge on any atom is 0.255 e. The largest absolute Gasteiger partial charge is 0.354 e. The predicted octanol–water partition coefficient (Wildman–Crippen LogP) is 2.27. The average Bonchev–Trinajstić information content (AvgIpc) is 3.11. The summed E-state index contributed by atoms with van der Waals surface area (Å²) in [4.78, 5) is 37.2. The lowest BCUT2D eigenvalue weighted by Crippen LogP contribution is -2.49. The van der Waals surface area contributed by atoms with Crippen molar-refractivity contribution >= 4 is 33.3 Å². The Balaban J connectivity index is 1.38. The Kier molecular flexibility index (Phi) is 5.07. The van der Waals surface area contributed by atoms with Crippen LogP contribution in [-0.4, -0.2) is 50.0 Å². The fraction of sp³-hybridized carbons (Fsp3) is 0.125. The van der Waals surface area contributed by atoms with Crippen LogP contribution >= 0.6 is 0 Å². The van der Waals surface area contributed by atoms with Crippen molar-refractivity contribution in [1.82, 2.24) is 9.62 Å². The number of hydrogen-bond donors (Lipinski definition) is 2. The number of carbonyl (C=O) groups is 3. The van der Waals surface area contributed by atoms with E-state index in [9.17, 15) is 22.8 Å². The number of fused-ring (bicyclic) bond motifs is 3. The van der Waals surface area contributed by atoms with Crippen molar-refractivity contribution in [3.8, 4) is 11.1 Å². The molecule has 8 nitrogen and oxygen atoms in total. The topological polar surface area (TPSA) is 113 Å². The highest BCUT2D eigenvalue weighted by Crippen LogP contribution is 2.36. The van der Waals surface area contributed by atoms with Crippen LogP contribution in [0.4, 0.5) is 5.69 Å². The molecule has 1 fully saturated rings. The highest BCUT2D eigenvalue weighted by molar-refractivity contribution is 7.89. The summed E-state index contributed by atoms with van der Waals surface area (Å²) in [6.45, 7) is 0.177. The molecule has 3 aromatic rings. The highest BCUT2D eigenvalue weighted by Gasteiger charge is 2.30. The van der Waals surface area contributed by atoms with Crippen molar-refractivity contribution in [2.24, 2.45) is 0 Å². The monoisotopic (exact) mass is 461 g/mol. The second kappa shape index (κ2) is 7.95. The van der Waals surface area contributed by atoms with Crippen molar-refractivity contribution in [3.63, 3.8) is 0 Å². The van der Waals surface area contributed by atoms with Gasteiger partial charge in [-0.2, -0.15) is 4.31 Å². The van der Waals surface area contributed by atoms with Crippen LogP contribution in [0.3, 0.4) is 0 Å². The Hall–Kier alpha value is -3.82. The molecule has 0 unspecified atom stereocenters. The molecule has 9 heteroatoms. The van der Waals surface area contributed by atoms with Gasteiger partial charge in [-0.05, 0) is 41.5 Å².